The van der Waals surface area contributed by atoms with Gasteiger partial charge in [0.05, 0.1) is 18.8 Å². The fraction of sp³-hybridized carbons (Fsp3) is 0.714. The molecule has 1 heterocycles. The second-order valence-corrected chi connectivity index (χ2v) is 6.48. The molecule has 0 spiro atoms. The van der Waals surface area contributed by atoms with Gasteiger partial charge in [0.1, 0.15) is 0 Å². The largest absolute Gasteiger partial charge is 0.389 e. The molecule has 18 heavy (non-hydrogen) atoms. The van der Waals surface area contributed by atoms with E-state index in [-0.39, 0.29) is 11.5 Å². The van der Waals surface area contributed by atoms with Crippen LogP contribution in [0.1, 0.15) is 32.6 Å². The Balaban J connectivity index is 2.25. The van der Waals surface area contributed by atoms with Gasteiger partial charge in [0.25, 0.3) is 0 Å². The lowest BCUT2D eigenvalue weighted by molar-refractivity contribution is 0.00611. The molecule has 1 aromatic heterocycles. The molecule has 1 aromatic rings. The first-order valence-electron chi connectivity index (χ1n) is 6.46. The molecule has 0 aliphatic heterocycles. The van der Waals surface area contributed by atoms with E-state index in [1.807, 2.05) is 13.8 Å². The van der Waals surface area contributed by atoms with Gasteiger partial charge in [0.15, 0.2) is 0 Å². The number of aliphatic hydroxyl groups excluding tert-OH is 1. The molecule has 0 aromatic carbocycles. The highest BCUT2D eigenvalue weighted by molar-refractivity contribution is 7.10. The summed E-state index contributed by atoms with van der Waals surface area (Å²) in [5, 5.41) is 15.2. The Bertz CT molecular complexity index is 323. The molecule has 4 heteroatoms. The van der Waals surface area contributed by atoms with Crippen molar-refractivity contribution in [3.8, 4) is 0 Å². The van der Waals surface area contributed by atoms with Crippen molar-refractivity contribution in [3.63, 3.8) is 0 Å². The van der Waals surface area contributed by atoms with Crippen molar-refractivity contribution in [1.29, 1.82) is 0 Å². The van der Waals surface area contributed by atoms with Gasteiger partial charge < -0.3 is 15.2 Å². The maximum atomic E-state index is 9.74. The van der Waals surface area contributed by atoms with Crippen LogP contribution in [-0.4, -0.2) is 37.0 Å². The lowest BCUT2D eigenvalue weighted by atomic mass is 9.91. The molecule has 0 aliphatic rings. The zero-order valence-electron chi connectivity index (χ0n) is 11.8. The molecular weight excluding hydrogens is 246 g/mol. The van der Waals surface area contributed by atoms with Crippen molar-refractivity contribution in [2.45, 2.75) is 45.3 Å². The van der Waals surface area contributed by atoms with Crippen LogP contribution < -0.4 is 5.32 Å². The predicted octanol–water partition coefficient (Wildman–Crippen LogP) is 2.40. The van der Waals surface area contributed by atoms with E-state index < -0.39 is 6.10 Å². The molecule has 0 radical (unpaired) electrons. The summed E-state index contributed by atoms with van der Waals surface area (Å²) in [5.74, 6) is 0. The third kappa shape index (κ3) is 5.48. The third-order valence-corrected chi connectivity index (χ3v) is 3.99. The highest BCUT2D eigenvalue weighted by atomic mass is 32.1. The molecule has 0 fully saturated rings. The summed E-state index contributed by atoms with van der Waals surface area (Å²) in [6, 6.07) is 4.23. The van der Waals surface area contributed by atoms with Gasteiger partial charge in [-0.2, -0.15) is 0 Å². The van der Waals surface area contributed by atoms with E-state index in [2.05, 4.69) is 36.7 Å². The van der Waals surface area contributed by atoms with E-state index in [1.165, 1.54) is 4.88 Å². The molecule has 2 N–H and O–H groups in total. The highest BCUT2D eigenvalue weighted by Gasteiger charge is 2.21. The molecule has 0 aliphatic carbocycles. The van der Waals surface area contributed by atoms with Gasteiger partial charge in [-0.3, -0.25) is 0 Å². The minimum Gasteiger partial charge on any atom is -0.389 e. The summed E-state index contributed by atoms with van der Waals surface area (Å²) < 4.78 is 5.37. The molecule has 1 atom stereocenters. The highest BCUT2D eigenvalue weighted by Crippen LogP contribution is 2.26. The summed E-state index contributed by atoms with van der Waals surface area (Å²) in [4.78, 5) is 1.36. The number of rotatable bonds is 8. The van der Waals surface area contributed by atoms with Gasteiger partial charge in [0, 0.05) is 23.4 Å². The molecule has 0 amide bonds. The van der Waals surface area contributed by atoms with E-state index >= 15 is 0 Å². The van der Waals surface area contributed by atoms with Gasteiger partial charge in [-0.05, 0) is 25.3 Å². The molecular formula is C14H25NO2S. The van der Waals surface area contributed by atoms with Crippen molar-refractivity contribution in [2.24, 2.45) is 0 Å². The second-order valence-electron chi connectivity index (χ2n) is 5.53. The van der Waals surface area contributed by atoms with E-state index in [0.717, 1.165) is 6.54 Å². The number of hydrogen-bond donors (Lipinski definition) is 2. The monoisotopic (exact) mass is 271 g/mol. The average molecular weight is 271 g/mol. The van der Waals surface area contributed by atoms with Gasteiger partial charge >= 0.3 is 0 Å². The Labute approximate surface area is 114 Å². The lowest BCUT2D eigenvalue weighted by Crippen LogP contribution is -2.38. The van der Waals surface area contributed by atoms with E-state index in [9.17, 15) is 5.11 Å². The minimum absolute atomic E-state index is 0.104. The summed E-state index contributed by atoms with van der Waals surface area (Å²) in [6.07, 6.45) is -0.270. The first-order valence-corrected chi connectivity index (χ1v) is 7.34. The normalized spacial score (nSPS) is 14.1. The summed E-state index contributed by atoms with van der Waals surface area (Å²) in [5.41, 5.74) is 0.104. The van der Waals surface area contributed by atoms with Crippen molar-refractivity contribution >= 4 is 11.3 Å². The van der Waals surface area contributed by atoms with Gasteiger partial charge in [-0.25, -0.2) is 0 Å². The summed E-state index contributed by atoms with van der Waals surface area (Å²) in [7, 11) is 0. The zero-order valence-corrected chi connectivity index (χ0v) is 12.6. The van der Waals surface area contributed by atoms with E-state index in [1.54, 1.807) is 11.3 Å². The first kappa shape index (κ1) is 15.6. The molecule has 1 unspecified atom stereocenters. The third-order valence-electron chi connectivity index (χ3n) is 2.76. The Morgan fingerprint density at radius 3 is 2.72 bits per heavy atom. The van der Waals surface area contributed by atoms with Gasteiger partial charge in [-0.1, -0.05) is 19.9 Å². The van der Waals surface area contributed by atoms with Crippen molar-refractivity contribution < 1.29 is 9.84 Å². The molecule has 0 bridgehead atoms. The summed E-state index contributed by atoms with van der Waals surface area (Å²) >= 11 is 1.78. The molecule has 3 nitrogen and oxygen atoms in total. The van der Waals surface area contributed by atoms with Crippen LogP contribution in [0, 0.1) is 0 Å². The van der Waals surface area contributed by atoms with Crippen molar-refractivity contribution in [3.05, 3.63) is 22.4 Å². The average Bonchev–Trinajstić information content (AvgIpc) is 2.80. The fourth-order valence-corrected chi connectivity index (χ4v) is 2.52. The Kier molecular flexibility index (Phi) is 6.29. The van der Waals surface area contributed by atoms with E-state index in [4.69, 9.17) is 4.74 Å². The van der Waals surface area contributed by atoms with Crippen LogP contribution in [0.2, 0.25) is 0 Å². The van der Waals surface area contributed by atoms with Gasteiger partial charge in [-0.15, -0.1) is 11.3 Å². The Hall–Kier alpha value is -0.420. The summed E-state index contributed by atoms with van der Waals surface area (Å²) in [6.45, 7) is 10.2. The molecule has 0 saturated heterocycles. The Morgan fingerprint density at radius 1 is 1.44 bits per heavy atom. The molecule has 104 valence electrons. The topological polar surface area (TPSA) is 41.5 Å². The molecule has 0 saturated carbocycles. The number of thiophene rings is 1. The van der Waals surface area contributed by atoms with Gasteiger partial charge in [0.2, 0.25) is 0 Å². The SMILES string of the molecule is CC(C)OCC(O)CNCC(C)(C)c1cccs1. The quantitative estimate of drug-likeness (QED) is 0.763. The van der Waals surface area contributed by atoms with Crippen LogP contribution in [0.5, 0.6) is 0 Å². The standard InChI is InChI=1S/C14H25NO2S/c1-11(2)17-9-12(16)8-15-10-14(3,4)13-6-5-7-18-13/h5-7,11-12,15-16H,8-10H2,1-4H3. The fourth-order valence-electron chi connectivity index (χ4n) is 1.66. The lowest BCUT2D eigenvalue weighted by Gasteiger charge is -2.24. The van der Waals surface area contributed by atoms with Crippen LogP contribution in [-0.2, 0) is 10.2 Å². The van der Waals surface area contributed by atoms with Crippen LogP contribution in [0.4, 0.5) is 0 Å². The number of ether oxygens (including phenoxy) is 1. The zero-order chi connectivity index (χ0) is 13.6. The van der Waals surface area contributed by atoms with Crippen LogP contribution in [0.15, 0.2) is 17.5 Å². The van der Waals surface area contributed by atoms with Crippen LogP contribution in [0.25, 0.3) is 0 Å². The smallest absolute Gasteiger partial charge is 0.0897 e. The Morgan fingerprint density at radius 2 is 2.17 bits per heavy atom. The molecule has 1 rings (SSSR count). The maximum Gasteiger partial charge on any atom is 0.0897 e. The second kappa shape index (κ2) is 7.24. The van der Waals surface area contributed by atoms with Crippen molar-refractivity contribution in [2.75, 3.05) is 19.7 Å². The van der Waals surface area contributed by atoms with Crippen LogP contribution >= 0.6 is 11.3 Å². The van der Waals surface area contributed by atoms with E-state index in [0.29, 0.717) is 13.2 Å². The van der Waals surface area contributed by atoms with Crippen LogP contribution in [0.3, 0.4) is 0 Å². The number of nitrogens with one attached hydrogen (secondary N) is 1. The van der Waals surface area contributed by atoms with Crippen molar-refractivity contribution in [1.82, 2.24) is 5.32 Å². The minimum atomic E-state index is -0.438. The number of aliphatic hydroxyl groups is 1. The predicted molar refractivity (Wildman–Crippen MR) is 77.3 cm³/mol. The maximum absolute atomic E-state index is 9.74. The first-order chi connectivity index (χ1) is 8.42. The number of hydrogen-bond acceptors (Lipinski definition) is 4.